The molecule has 7 nitrogen and oxygen atoms in total. The quantitative estimate of drug-likeness (QED) is 0.890. The fraction of sp³-hybridized carbons (Fsp3) is 0.538. The number of thiazole rings is 1. The summed E-state index contributed by atoms with van der Waals surface area (Å²) in [6.45, 7) is 5.74. The predicted octanol–water partition coefficient (Wildman–Crippen LogP) is 1.95. The molecule has 0 spiro atoms. The fourth-order valence-electron chi connectivity index (χ4n) is 2.52. The van der Waals surface area contributed by atoms with Crippen LogP contribution in [0.4, 0.5) is 5.13 Å². The van der Waals surface area contributed by atoms with Crippen molar-refractivity contribution < 1.29 is 4.79 Å². The lowest BCUT2D eigenvalue weighted by Crippen LogP contribution is -2.30. The van der Waals surface area contributed by atoms with Crippen molar-refractivity contribution in [2.45, 2.75) is 32.7 Å². The van der Waals surface area contributed by atoms with E-state index in [1.54, 1.807) is 0 Å². The van der Waals surface area contributed by atoms with Crippen LogP contribution in [0.25, 0.3) is 0 Å². The molecule has 0 aliphatic carbocycles. The third-order valence-corrected chi connectivity index (χ3v) is 4.51. The first-order valence-electron chi connectivity index (χ1n) is 7.01. The van der Waals surface area contributed by atoms with Gasteiger partial charge in [-0.15, -0.1) is 28.8 Å². The van der Waals surface area contributed by atoms with Crippen molar-refractivity contribution in [1.29, 1.82) is 0 Å². The summed E-state index contributed by atoms with van der Waals surface area (Å²) < 4.78 is 1.88. The van der Waals surface area contributed by atoms with Crippen LogP contribution in [0.3, 0.4) is 0 Å². The lowest BCUT2D eigenvalue weighted by Gasteiger charge is -2.23. The topological polar surface area (TPSA) is 84.7 Å². The average Bonchev–Trinajstić information content (AvgIpc) is 3.06. The smallest absolute Gasteiger partial charge is 0.279 e. The van der Waals surface area contributed by atoms with Gasteiger partial charge in [-0.3, -0.25) is 10.1 Å². The van der Waals surface area contributed by atoms with Crippen LogP contribution in [0.1, 0.15) is 40.8 Å². The summed E-state index contributed by atoms with van der Waals surface area (Å²) in [5.74, 6) is -0.248. The highest BCUT2D eigenvalue weighted by atomic mass is 35.5. The Hall–Kier alpha value is -1.51. The van der Waals surface area contributed by atoms with Crippen LogP contribution in [0, 0.1) is 13.8 Å². The maximum Gasteiger partial charge on any atom is 0.279 e. The van der Waals surface area contributed by atoms with Crippen LogP contribution < -0.4 is 10.6 Å². The molecule has 0 bridgehead atoms. The molecule has 1 aliphatic heterocycles. The van der Waals surface area contributed by atoms with Crippen LogP contribution >= 0.6 is 23.7 Å². The molecule has 1 amide bonds. The summed E-state index contributed by atoms with van der Waals surface area (Å²) in [4.78, 5) is 16.5. The minimum atomic E-state index is -0.248. The summed E-state index contributed by atoms with van der Waals surface area (Å²) in [7, 11) is 0. The number of carbonyl (C=O) groups excluding carboxylic acids is 1. The zero-order valence-corrected chi connectivity index (χ0v) is 14.1. The Morgan fingerprint density at radius 3 is 2.77 bits per heavy atom. The van der Waals surface area contributed by atoms with Crippen molar-refractivity contribution in [1.82, 2.24) is 25.3 Å². The van der Waals surface area contributed by atoms with Crippen LogP contribution in [-0.2, 0) is 0 Å². The molecule has 120 valence electrons. The van der Waals surface area contributed by atoms with Gasteiger partial charge >= 0.3 is 0 Å². The number of hydrogen-bond acceptors (Lipinski definition) is 6. The van der Waals surface area contributed by atoms with Crippen molar-refractivity contribution in [2.75, 3.05) is 18.4 Å². The highest BCUT2D eigenvalue weighted by Gasteiger charge is 2.23. The molecule has 2 aromatic rings. The number of hydrogen-bond donors (Lipinski definition) is 2. The first-order chi connectivity index (χ1) is 10.1. The summed E-state index contributed by atoms with van der Waals surface area (Å²) >= 11 is 1.41. The summed E-state index contributed by atoms with van der Waals surface area (Å²) in [5, 5.41) is 16.8. The number of piperidine rings is 1. The number of carbonyl (C=O) groups is 1. The van der Waals surface area contributed by atoms with E-state index in [0.717, 1.165) is 37.3 Å². The van der Waals surface area contributed by atoms with Crippen LogP contribution in [0.15, 0.2) is 5.38 Å². The fourth-order valence-corrected chi connectivity index (χ4v) is 3.20. The van der Waals surface area contributed by atoms with E-state index in [2.05, 4.69) is 25.9 Å². The van der Waals surface area contributed by atoms with Crippen molar-refractivity contribution in [3.63, 3.8) is 0 Å². The summed E-state index contributed by atoms with van der Waals surface area (Å²) in [6, 6.07) is 0.322. The standard InChI is InChI=1S/C13H18N6OS.ClH/c1-8-7-21-13(15-8)16-12(20)11-9(2)19(18-17-11)10-3-5-14-6-4-10;/h7,10,14H,3-6H2,1-2H3,(H,15,16,20);1H. The highest BCUT2D eigenvalue weighted by Crippen LogP contribution is 2.21. The van der Waals surface area contributed by atoms with Gasteiger partial charge in [0.05, 0.1) is 17.4 Å². The van der Waals surface area contributed by atoms with Gasteiger partial charge in [-0.1, -0.05) is 5.21 Å². The van der Waals surface area contributed by atoms with E-state index in [0.29, 0.717) is 16.9 Å². The van der Waals surface area contributed by atoms with Gasteiger partial charge in [0.2, 0.25) is 0 Å². The molecule has 22 heavy (non-hydrogen) atoms. The Morgan fingerprint density at radius 2 is 2.14 bits per heavy atom. The van der Waals surface area contributed by atoms with E-state index in [-0.39, 0.29) is 18.3 Å². The van der Waals surface area contributed by atoms with E-state index in [9.17, 15) is 4.79 Å². The zero-order chi connectivity index (χ0) is 14.8. The molecule has 0 radical (unpaired) electrons. The molecule has 3 rings (SSSR count). The third-order valence-electron chi connectivity index (χ3n) is 3.64. The molecular weight excluding hydrogens is 324 g/mol. The van der Waals surface area contributed by atoms with Crippen molar-refractivity contribution >= 4 is 34.8 Å². The van der Waals surface area contributed by atoms with Gasteiger partial charge in [-0.2, -0.15) is 0 Å². The molecular formula is C13H19ClN6OS. The lowest BCUT2D eigenvalue weighted by atomic mass is 10.1. The van der Waals surface area contributed by atoms with Gasteiger partial charge in [-0.05, 0) is 39.8 Å². The molecule has 0 saturated carbocycles. The largest absolute Gasteiger partial charge is 0.317 e. The Labute approximate surface area is 138 Å². The molecule has 0 atom stereocenters. The molecule has 1 saturated heterocycles. The number of anilines is 1. The second kappa shape index (κ2) is 7.17. The number of halogens is 1. The van der Waals surface area contributed by atoms with Crippen LogP contribution in [-0.4, -0.2) is 39.0 Å². The number of amides is 1. The van der Waals surface area contributed by atoms with E-state index in [1.165, 1.54) is 11.3 Å². The van der Waals surface area contributed by atoms with E-state index in [4.69, 9.17) is 0 Å². The molecule has 0 unspecified atom stereocenters. The normalized spacial score (nSPS) is 15.4. The van der Waals surface area contributed by atoms with Gasteiger partial charge in [0.1, 0.15) is 0 Å². The van der Waals surface area contributed by atoms with E-state index < -0.39 is 0 Å². The van der Waals surface area contributed by atoms with Gasteiger partial charge in [0.25, 0.3) is 5.91 Å². The number of nitrogens with one attached hydrogen (secondary N) is 2. The Kier molecular flexibility index (Phi) is 5.49. The van der Waals surface area contributed by atoms with Crippen molar-refractivity contribution in [3.8, 4) is 0 Å². The maximum atomic E-state index is 12.3. The number of aryl methyl sites for hydroxylation is 1. The minimum Gasteiger partial charge on any atom is -0.317 e. The first-order valence-corrected chi connectivity index (χ1v) is 7.89. The predicted molar refractivity (Wildman–Crippen MR) is 88.0 cm³/mol. The number of aromatic nitrogens is 4. The molecule has 0 aromatic carbocycles. The van der Waals surface area contributed by atoms with Crippen LogP contribution in [0.2, 0.25) is 0 Å². The second-order valence-corrected chi connectivity index (χ2v) is 6.06. The second-order valence-electron chi connectivity index (χ2n) is 5.20. The summed E-state index contributed by atoms with van der Waals surface area (Å²) in [5.41, 5.74) is 2.08. The zero-order valence-electron chi connectivity index (χ0n) is 12.5. The minimum absolute atomic E-state index is 0. The molecule has 3 heterocycles. The Morgan fingerprint density at radius 1 is 1.41 bits per heavy atom. The number of rotatable bonds is 3. The van der Waals surface area contributed by atoms with Gasteiger partial charge < -0.3 is 5.32 Å². The molecule has 2 aromatic heterocycles. The average molecular weight is 343 g/mol. The van der Waals surface area contributed by atoms with Gasteiger partial charge in [-0.25, -0.2) is 9.67 Å². The van der Waals surface area contributed by atoms with Gasteiger partial charge in [0, 0.05) is 5.38 Å². The van der Waals surface area contributed by atoms with E-state index in [1.807, 2.05) is 23.9 Å². The van der Waals surface area contributed by atoms with E-state index >= 15 is 0 Å². The molecule has 2 N–H and O–H groups in total. The van der Waals surface area contributed by atoms with Crippen LogP contribution in [0.5, 0.6) is 0 Å². The molecule has 1 aliphatic rings. The maximum absolute atomic E-state index is 12.3. The Bertz CT molecular complexity index is 649. The molecule has 1 fully saturated rings. The SMILES string of the molecule is Cc1csc(NC(=O)c2nnn(C3CCNCC3)c2C)n1.Cl. The summed E-state index contributed by atoms with van der Waals surface area (Å²) in [6.07, 6.45) is 2.02. The number of nitrogens with zero attached hydrogens (tertiary/aromatic N) is 4. The van der Waals surface area contributed by atoms with Crippen molar-refractivity contribution in [3.05, 3.63) is 22.5 Å². The Balaban J connectivity index is 0.00000176. The monoisotopic (exact) mass is 342 g/mol. The van der Waals surface area contributed by atoms with Gasteiger partial charge in [0.15, 0.2) is 10.8 Å². The highest BCUT2D eigenvalue weighted by molar-refractivity contribution is 7.13. The third kappa shape index (κ3) is 3.45. The molecule has 9 heteroatoms. The lowest BCUT2D eigenvalue weighted by molar-refractivity contribution is 0.102. The first kappa shape index (κ1) is 16.9. The van der Waals surface area contributed by atoms with Crippen molar-refractivity contribution in [2.24, 2.45) is 0 Å².